The summed E-state index contributed by atoms with van der Waals surface area (Å²) in [4.78, 5) is 20.4. The second-order valence-electron chi connectivity index (χ2n) is 8.89. The lowest BCUT2D eigenvalue weighted by Gasteiger charge is -2.36. The zero-order valence-corrected chi connectivity index (χ0v) is 19.6. The Morgan fingerprint density at radius 2 is 1.76 bits per heavy atom. The van der Waals surface area contributed by atoms with Crippen LogP contribution in [0.5, 0.6) is 0 Å². The number of nitrogens with zero attached hydrogens (tertiary/aromatic N) is 3. The molecule has 0 spiro atoms. The van der Waals surface area contributed by atoms with Gasteiger partial charge in [-0.1, -0.05) is 60.7 Å². The minimum atomic E-state index is -0.277. The van der Waals surface area contributed by atoms with Gasteiger partial charge in [-0.25, -0.2) is 4.98 Å². The number of thiocarbonyl (C=S) groups is 1. The first-order chi connectivity index (χ1) is 16.1. The van der Waals surface area contributed by atoms with E-state index in [1.165, 1.54) is 5.56 Å². The van der Waals surface area contributed by atoms with Crippen molar-refractivity contribution in [3.63, 3.8) is 0 Å². The topological polar surface area (TPSA) is 62.2 Å². The lowest BCUT2D eigenvalue weighted by molar-refractivity contribution is -0.135. The number of hydrogen-bond acceptors (Lipinski definition) is 3. The highest BCUT2D eigenvalue weighted by atomic mass is 32.1. The van der Waals surface area contributed by atoms with Gasteiger partial charge in [0.2, 0.25) is 5.91 Å². The maximum Gasteiger partial charge on any atom is 0.245 e. The normalized spacial score (nSPS) is 20.0. The standard InChI is InChI=1S/C26H29N5OS/c1-18-16-21(28-26(33)27-18)25(32)30-14-15-31-22(17-30)24(20-10-6-3-7-11-20)29-23(31)13-12-19-8-4-2-5-9-19/h2-11,18,21H,12-17H2,1H3,(H2,27,28,33)/t18-,21+/m1/s1. The Kier molecular flexibility index (Phi) is 6.13. The molecule has 3 heterocycles. The first-order valence-corrected chi connectivity index (χ1v) is 12.0. The van der Waals surface area contributed by atoms with Crippen molar-refractivity contribution in [1.82, 2.24) is 25.1 Å². The van der Waals surface area contributed by atoms with Gasteiger partial charge in [0, 0.05) is 31.1 Å². The number of imidazole rings is 1. The molecule has 1 fully saturated rings. The molecule has 5 rings (SSSR count). The molecule has 0 saturated carbocycles. The van der Waals surface area contributed by atoms with E-state index in [1.807, 2.05) is 29.2 Å². The van der Waals surface area contributed by atoms with Gasteiger partial charge in [-0.05, 0) is 37.5 Å². The van der Waals surface area contributed by atoms with E-state index < -0.39 is 0 Å². The van der Waals surface area contributed by atoms with Crippen LogP contribution in [-0.2, 0) is 30.7 Å². The second-order valence-corrected chi connectivity index (χ2v) is 9.30. The van der Waals surface area contributed by atoms with Gasteiger partial charge in [0.15, 0.2) is 5.11 Å². The van der Waals surface area contributed by atoms with Crippen LogP contribution in [0.4, 0.5) is 0 Å². The molecule has 2 atom stereocenters. The number of nitrogens with one attached hydrogen (secondary N) is 2. The van der Waals surface area contributed by atoms with E-state index in [0.717, 1.165) is 48.6 Å². The number of benzene rings is 2. The quantitative estimate of drug-likeness (QED) is 0.574. The van der Waals surface area contributed by atoms with Crippen LogP contribution in [0, 0.1) is 0 Å². The largest absolute Gasteiger partial charge is 0.360 e. The number of hydrogen-bond donors (Lipinski definition) is 2. The van der Waals surface area contributed by atoms with Crippen molar-refractivity contribution in [1.29, 1.82) is 0 Å². The van der Waals surface area contributed by atoms with Crippen molar-refractivity contribution < 1.29 is 4.79 Å². The first kappa shape index (κ1) is 21.6. The minimum Gasteiger partial charge on any atom is -0.360 e. The molecule has 170 valence electrons. The summed E-state index contributed by atoms with van der Waals surface area (Å²) in [5, 5.41) is 6.90. The number of amides is 1. The molecule has 0 radical (unpaired) electrons. The average Bonchev–Trinajstić information content (AvgIpc) is 3.21. The molecule has 1 aromatic heterocycles. The Hall–Kier alpha value is -3.19. The minimum absolute atomic E-state index is 0.114. The fourth-order valence-corrected chi connectivity index (χ4v) is 5.17. The fraction of sp³-hybridized carbons (Fsp3) is 0.346. The molecule has 0 aliphatic carbocycles. The van der Waals surface area contributed by atoms with Crippen molar-refractivity contribution in [2.45, 2.75) is 51.4 Å². The van der Waals surface area contributed by atoms with Crippen LogP contribution in [0.25, 0.3) is 11.3 Å². The molecule has 3 aromatic rings. The number of carbonyl (C=O) groups excluding carboxylic acids is 1. The van der Waals surface area contributed by atoms with Gasteiger partial charge in [0.1, 0.15) is 11.9 Å². The van der Waals surface area contributed by atoms with E-state index in [2.05, 4.69) is 58.5 Å². The summed E-state index contributed by atoms with van der Waals surface area (Å²) in [6.07, 6.45) is 2.55. The number of aryl methyl sites for hydroxylation is 2. The van der Waals surface area contributed by atoms with Crippen molar-refractivity contribution in [2.75, 3.05) is 6.54 Å². The summed E-state index contributed by atoms with van der Waals surface area (Å²) in [7, 11) is 0. The summed E-state index contributed by atoms with van der Waals surface area (Å²) in [6, 6.07) is 20.7. The maximum atomic E-state index is 13.4. The Balaban J connectivity index is 1.41. The van der Waals surface area contributed by atoms with Crippen molar-refractivity contribution in [2.24, 2.45) is 0 Å². The van der Waals surface area contributed by atoms with E-state index in [9.17, 15) is 4.79 Å². The van der Waals surface area contributed by atoms with Gasteiger partial charge in [-0.2, -0.15) is 0 Å². The predicted molar refractivity (Wildman–Crippen MR) is 134 cm³/mol. The Morgan fingerprint density at radius 1 is 1.03 bits per heavy atom. The van der Waals surface area contributed by atoms with Crippen LogP contribution in [0.15, 0.2) is 60.7 Å². The first-order valence-electron chi connectivity index (χ1n) is 11.6. The zero-order chi connectivity index (χ0) is 22.8. The molecule has 2 aromatic carbocycles. The van der Waals surface area contributed by atoms with Crippen LogP contribution in [0.2, 0.25) is 0 Å². The van der Waals surface area contributed by atoms with Crippen LogP contribution in [-0.4, -0.2) is 44.1 Å². The molecule has 1 saturated heterocycles. The van der Waals surface area contributed by atoms with Gasteiger partial charge in [-0.3, -0.25) is 4.79 Å². The van der Waals surface area contributed by atoms with Gasteiger partial charge >= 0.3 is 0 Å². The average molecular weight is 460 g/mol. The van der Waals surface area contributed by atoms with E-state index >= 15 is 0 Å². The second kappa shape index (κ2) is 9.35. The molecule has 0 unspecified atom stereocenters. The van der Waals surface area contributed by atoms with Crippen LogP contribution in [0.3, 0.4) is 0 Å². The van der Waals surface area contributed by atoms with Crippen molar-refractivity contribution in [3.8, 4) is 11.3 Å². The number of fused-ring (bicyclic) bond motifs is 1. The van der Waals surface area contributed by atoms with Crippen LogP contribution < -0.4 is 10.6 Å². The molecule has 2 aliphatic rings. The Morgan fingerprint density at radius 3 is 2.48 bits per heavy atom. The third-order valence-electron chi connectivity index (χ3n) is 6.49. The Bertz CT molecular complexity index is 1140. The van der Waals surface area contributed by atoms with Crippen LogP contribution in [0.1, 0.15) is 30.4 Å². The molecule has 1 amide bonds. The van der Waals surface area contributed by atoms with E-state index in [1.54, 1.807) is 0 Å². The highest BCUT2D eigenvalue weighted by molar-refractivity contribution is 7.80. The van der Waals surface area contributed by atoms with E-state index in [4.69, 9.17) is 17.2 Å². The Labute approximate surface area is 200 Å². The van der Waals surface area contributed by atoms with Gasteiger partial charge in [0.25, 0.3) is 0 Å². The SMILES string of the molecule is C[C@@H]1C[C@@H](C(=O)N2CCn3c(CCc4ccccc4)nc(-c4ccccc4)c3C2)NC(=S)N1. The lowest BCUT2D eigenvalue weighted by atomic mass is 10.0. The third kappa shape index (κ3) is 4.64. The lowest BCUT2D eigenvalue weighted by Crippen LogP contribution is -2.59. The van der Waals surface area contributed by atoms with E-state index in [0.29, 0.717) is 18.2 Å². The number of carbonyl (C=O) groups is 1. The fourth-order valence-electron chi connectivity index (χ4n) is 4.83. The van der Waals surface area contributed by atoms with E-state index in [-0.39, 0.29) is 18.0 Å². The molecule has 7 heteroatoms. The maximum absolute atomic E-state index is 13.4. The molecule has 6 nitrogen and oxygen atoms in total. The van der Waals surface area contributed by atoms with Gasteiger partial charge < -0.3 is 20.1 Å². The van der Waals surface area contributed by atoms with Gasteiger partial charge in [0.05, 0.1) is 17.9 Å². The van der Waals surface area contributed by atoms with Crippen molar-refractivity contribution >= 4 is 23.2 Å². The molecule has 2 N–H and O–H groups in total. The molecular weight excluding hydrogens is 430 g/mol. The molecular formula is C26H29N5OS. The monoisotopic (exact) mass is 459 g/mol. The third-order valence-corrected chi connectivity index (χ3v) is 6.73. The summed E-state index contributed by atoms with van der Waals surface area (Å²) in [5.74, 6) is 1.21. The summed E-state index contributed by atoms with van der Waals surface area (Å²) in [5.41, 5.74) is 4.51. The number of rotatable bonds is 5. The summed E-state index contributed by atoms with van der Waals surface area (Å²) >= 11 is 5.29. The highest BCUT2D eigenvalue weighted by Gasteiger charge is 2.33. The highest BCUT2D eigenvalue weighted by Crippen LogP contribution is 2.29. The van der Waals surface area contributed by atoms with Crippen LogP contribution >= 0.6 is 12.2 Å². The molecule has 0 bridgehead atoms. The van der Waals surface area contributed by atoms with Crippen molar-refractivity contribution in [3.05, 3.63) is 77.7 Å². The summed E-state index contributed by atoms with van der Waals surface area (Å²) in [6.45, 7) is 4.07. The zero-order valence-electron chi connectivity index (χ0n) is 18.8. The number of aromatic nitrogens is 2. The smallest absolute Gasteiger partial charge is 0.245 e. The predicted octanol–water partition coefficient (Wildman–Crippen LogP) is 3.30. The summed E-state index contributed by atoms with van der Waals surface area (Å²) < 4.78 is 2.33. The molecule has 33 heavy (non-hydrogen) atoms. The van der Waals surface area contributed by atoms with Gasteiger partial charge in [-0.15, -0.1) is 0 Å². The molecule has 2 aliphatic heterocycles.